The largest absolute Gasteiger partial charge is 0.496 e. The summed E-state index contributed by atoms with van der Waals surface area (Å²) in [7, 11) is 1.45. The van der Waals surface area contributed by atoms with Crippen LogP contribution in [0.2, 0.25) is 0 Å². The topological polar surface area (TPSA) is 96.3 Å². The monoisotopic (exact) mass is 220 g/mol. The first kappa shape index (κ1) is 12.0. The third-order valence-corrected chi connectivity index (χ3v) is 2.19. The molecular formula is C11H12N2O3. The van der Waals surface area contributed by atoms with Crippen LogP contribution < -0.4 is 10.5 Å². The highest BCUT2D eigenvalue weighted by Gasteiger charge is 2.12. The van der Waals surface area contributed by atoms with Gasteiger partial charge < -0.3 is 15.6 Å². The molecule has 0 aliphatic carbocycles. The summed E-state index contributed by atoms with van der Waals surface area (Å²) < 4.78 is 5.06. The molecular weight excluding hydrogens is 208 g/mol. The van der Waals surface area contributed by atoms with Gasteiger partial charge in [0.25, 0.3) is 0 Å². The fourth-order valence-electron chi connectivity index (χ4n) is 1.43. The number of aliphatic carboxylic acids is 1. The second-order valence-corrected chi connectivity index (χ2v) is 3.21. The van der Waals surface area contributed by atoms with Crippen molar-refractivity contribution in [3.63, 3.8) is 0 Å². The summed E-state index contributed by atoms with van der Waals surface area (Å²) in [6, 6.07) is 5.10. The first-order chi connectivity index (χ1) is 7.62. The Balaban J connectivity index is 3.27. The lowest BCUT2D eigenvalue weighted by Gasteiger charge is -2.10. The molecule has 1 rings (SSSR count). The van der Waals surface area contributed by atoms with Gasteiger partial charge in [0.15, 0.2) is 0 Å². The van der Waals surface area contributed by atoms with Gasteiger partial charge in [0.05, 0.1) is 25.2 Å². The van der Waals surface area contributed by atoms with E-state index in [-0.39, 0.29) is 13.0 Å². The van der Waals surface area contributed by atoms with E-state index in [1.807, 2.05) is 6.07 Å². The number of nitriles is 1. The summed E-state index contributed by atoms with van der Waals surface area (Å²) in [4.78, 5) is 10.6. The molecule has 5 heteroatoms. The maximum Gasteiger partial charge on any atom is 0.307 e. The van der Waals surface area contributed by atoms with E-state index < -0.39 is 5.97 Å². The van der Waals surface area contributed by atoms with Crippen molar-refractivity contribution in [2.24, 2.45) is 5.73 Å². The molecule has 0 unspecified atom stereocenters. The van der Waals surface area contributed by atoms with Crippen LogP contribution in [0.5, 0.6) is 5.75 Å². The Morgan fingerprint density at radius 2 is 2.25 bits per heavy atom. The summed E-state index contributed by atoms with van der Waals surface area (Å²) in [6.07, 6.45) is -0.178. The van der Waals surface area contributed by atoms with Crippen LogP contribution >= 0.6 is 0 Å². The molecule has 0 saturated heterocycles. The summed E-state index contributed by atoms with van der Waals surface area (Å²) >= 11 is 0. The number of benzene rings is 1. The predicted octanol–water partition coefficient (Wildman–Crippen LogP) is 0.653. The minimum atomic E-state index is -0.970. The average Bonchev–Trinajstić information content (AvgIpc) is 2.27. The van der Waals surface area contributed by atoms with Crippen molar-refractivity contribution < 1.29 is 14.6 Å². The van der Waals surface area contributed by atoms with Crippen LogP contribution in [-0.2, 0) is 17.8 Å². The van der Waals surface area contributed by atoms with Gasteiger partial charge in [-0.1, -0.05) is 0 Å². The van der Waals surface area contributed by atoms with Crippen LogP contribution in [0.25, 0.3) is 0 Å². The number of carboxylic acids is 1. The van der Waals surface area contributed by atoms with Crippen molar-refractivity contribution in [1.82, 2.24) is 0 Å². The standard InChI is InChI=1S/C11H12N2O3/c1-16-10-3-9(6-13)8(5-12)2-7(10)4-11(14)15/h2-3H,4,6,13H2,1H3,(H,14,15). The van der Waals surface area contributed by atoms with Crippen molar-refractivity contribution in [3.05, 3.63) is 28.8 Å². The second kappa shape index (κ2) is 5.14. The van der Waals surface area contributed by atoms with Crippen molar-refractivity contribution in [2.75, 3.05) is 7.11 Å². The highest BCUT2D eigenvalue weighted by atomic mass is 16.5. The number of nitrogens with two attached hydrogens (primary N) is 1. The van der Waals surface area contributed by atoms with Crippen LogP contribution in [0.1, 0.15) is 16.7 Å². The molecule has 16 heavy (non-hydrogen) atoms. The third kappa shape index (κ3) is 2.49. The van der Waals surface area contributed by atoms with E-state index >= 15 is 0 Å². The number of rotatable bonds is 4. The maximum absolute atomic E-state index is 10.6. The van der Waals surface area contributed by atoms with Gasteiger partial charge in [0, 0.05) is 12.1 Å². The number of methoxy groups -OCH3 is 1. The lowest BCUT2D eigenvalue weighted by molar-refractivity contribution is -0.136. The van der Waals surface area contributed by atoms with Gasteiger partial charge in [-0.2, -0.15) is 5.26 Å². The summed E-state index contributed by atoms with van der Waals surface area (Å²) in [5.74, 6) is -0.524. The smallest absolute Gasteiger partial charge is 0.307 e. The molecule has 1 aromatic carbocycles. The van der Waals surface area contributed by atoms with Crippen molar-refractivity contribution in [1.29, 1.82) is 5.26 Å². The van der Waals surface area contributed by atoms with Gasteiger partial charge in [-0.15, -0.1) is 0 Å². The van der Waals surface area contributed by atoms with Gasteiger partial charge in [-0.05, 0) is 17.7 Å². The third-order valence-electron chi connectivity index (χ3n) is 2.19. The lowest BCUT2D eigenvalue weighted by atomic mass is 10.0. The molecule has 0 heterocycles. The molecule has 0 aromatic heterocycles. The first-order valence-corrected chi connectivity index (χ1v) is 4.64. The van der Waals surface area contributed by atoms with Crippen LogP contribution in [0.3, 0.4) is 0 Å². The Morgan fingerprint density at radius 3 is 2.69 bits per heavy atom. The van der Waals surface area contributed by atoms with Gasteiger partial charge in [0.2, 0.25) is 0 Å². The van der Waals surface area contributed by atoms with Gasteiger partial charge in [-0.25, -0.2) is 0 Å². The average molecular weight is 220 g/mol. The van der Waals surface area contributed by atoms with E-state index in [4.69, 9.17) is 20.8 Å². The molecule has 1 aromatic rings. The zero-order valence-corrected chi connectivity index (χ0v) is 8.86. The Kier molecular flexibility index (Phi) is 3.86. The predicted molar refractivity (Wildman–Crippen MR) is 56.9 cm³/mol. The number of hydrogen-bond acceptors (Lipinski definition) is 4. The zero-order chi connectivity index (χ0) is 12.1. The Bertz CT molecular complexity index is 449. The van der Waals surface area contributed by atoms with E-state index in [0.717, 1.165) is 0 Å². The SMILES string of the molecule is COc1cc(CN)c(C#N)cc1CC(=O)O. The summed E-state index contributed by atoms with van der Waals surface area (Å²) in [6.45, 7) is 0.215. The van der Waals surface area contributed by atoms with Crippen LogP contribution in [0, 0.1) is 11.3 Å². The molecule has 0 fully saturated rings. The van der Waals surface area contributed by atoms with Crippen molar-refractivity contribution >= 4 is 5.97 Å². The molecule has 0 aliphatic rings. The molecule has 0 bridgehead atoms. The normalized spacial score (nSPS) is 9.56. The van der Waals surface area contributed by atoms with Crippen LogP contribution in [0.4, 0.5) is 0 Å². The summed E-state index contributed by atoms with van der Waals surface area (Å²) in [5.41, 5.74) is 6.99. The number of nitrogens with zero attached hydrogens (tertiary/aromatic N) is 1. The maximum atomic E-state index is 10.6. The van der Waals surface area contributed by atoms with E-state index in [0.29, 0.717) is 22.4 Å². The Morgan fingerprint density at radius 1 is 1.56 bits per heavy atom. The van der Waals surface area contributed by atoms with E-state index in [1.165, 1.54) is 13.2 Å². The molecule has 0 saturated carbocycles. The number of ether oxygens (including phenoxy) is 1. The van der Waals surface area contributed by atoms with Crippen molar-refractivity contribution in [2.45, 2.75) is 13.0 Å². The van der Waals surface area contributed by atoms with Gasteiger partial charge in [0.1, 0.15) is 5.75 Å². The van der Waals surface area contributed by atoms with Crippen LogP contribution in [0.15, 0.2) is 12.1 Å². The molecule has 84 valence electrons. The summed E-state index contributed by atoms with van der Waals surface area (Å²) in [5, 5.41) is 17.6. The molecule has 3 N–H and O–H groups in total. The first-order valence-electron chi connectivity index (χ1n) is 4.64. The van der Waals surface area contributed by atoms with E-state index in [1.54, 1.807) is 6.07 Å². The molecule has 0 amide bonds. The molecule has 0 spiro atoms. The van der Waals surface area contributed by atoms with Crippen LogP contribution in [-0.4, -0.2) is 18.2 Å². The highest BCUT2D eigenvalue weighted by Crippen LogP contribution is 2.23. The molecule has 5 nitrogen and oxygen atoms in total. The Labute approximate surface area is 93.1 Å². The number of carbonyl (C=O) groups is 1. The quantitative estimate of drug-likeness (QED) is 0.776. The highest BCUT2D eigenvalue weighted by molar-refractivity contribution is 5.72. The fourth-order valence-corrected chi connectivity index (χ4v) is 1.43. The second-order valence-electron chi connectivity index (χ2n) is 3.21. The Hall–Kier alpha value is -2.06. The molecule has 0 atom stereocenters. The van der Waals surface area contributed by atoms with E-state index in [2.05, 4.69) is 0 Å². The lowest BCUT2D eigenvalue weighted by Crippen LogP contribution is -2.06. The minimum absolute atomic E-state index is 0.178. The fraction of sp³-hybridized carbons (Fsp3) is 0.273. The van der Waals surface area contributed by atoms with Crippen molar-refractivity contribution in [3.8, 4) is 11.8 Å². The van der Waals surface area contributed by atoms with Gasteiger partial charge in [-0.3, -0.25) is 4.79 Å². The van der Waals surface area contributed by atoms with E-state index in [9.17, 15) is 4.79 Å². The molecule has 0 radical (unpaired) electrons. The zero-order valence-electron chi connectivity index (χ0n) is 8.86. The molecule has 0 aliphatic heterocycles. The van der Waals surface area contributed by atoms with Gasteiger partial charge >= 0.3 is 5.97 Å². The number of hydrogen-bond donors (Lipinski definition) is 2. The number of carboxylic acid groups (broad SMARTS) is 1. The minimum Gasteiger partial charge on any atom is -0.496 e.